The summed E-state index contributed by atoms with van der Waals surface area (Å²) in [5.41, 5.74) is 0. The monoisotopic (exact) mass is 248 g/mol. The first-order chi connectivity index (χ1) is 8.66. The van der Waals surface area contributed by atoms with Crippen molar-refractivity contribution < 1.29 is 4.79 Å². The topological polar surface area (TPSA) is 49.3 Å². The maximum absolute atomic E-state index is 11.2. The van der Waals surface area contributed by atoms with E-state index >= 15 is 0 Å². The summed E-state index contributed by atoms with van der Waals surface area (Å²) in [4.78, 5) is 23.8. The van der Waals surface area contributed by atoms with Crippen LogP contribution in [0.2, 0.25) is 0 Å². The van der Waals surface area contributed by atoms with Crippen molar-refractivity contribution in [3.05, 3.63) is 18.5 Å². The van der Waals surface area contributed by atoms with Gasteiger partial charge in [0.05, 0.1) is 0 Å². The van der Waals surface area contributed by atoms with Gasteiger partial charge in [-0.1, -0.05) is 0 Å². The Kier molecular flexibility index (Phi) is 4.12. The summed E-state index contributed by atoms with van der Waals surface area (Å²) in [5, 5.41) is 0. The summed E-state index contributed by atoms with van der Waals surface area (Å²) >= 11 is 0. The first-order valence-electron chi connectivity index (χ1n) is 6.40. The molecule has 1 saturated heterocycles. The average molecular weight is 248 g/mol. The Morgan fingerprint density at radius 3 is 2.56 bits per heavy atom. The lowest BCUT2D eigenvalue weighted by Crippen LogP contribution is -2.39. The number of anilines is 1. The number of carbonyl (C=O) groups excluding carboxylic acids is 1. The van der Waals surface area contributed by atoms with Crippen molar-refractivity contribution in [2.45, 2.75) is 19.8 Å². The number of amides is 1. The second kappa shape index (κ2) is 5.80. The molecule has 1 aromatic rings. The fourth-order valence-corrected chi connectivity index (χ4v) is 2.29. The second-order valence-corrected chi connectivity index (χ2v) is 4.88. The average Bonchev–Trinajstić information content (AvgIpc) is 2.40. The third-order valence-electron chi connectivity index (χ3n) is 3.52. The Labute approximate surface area is 108 Å². The normalized spacial score (nSPS) is 16.7. The molecule has 5 heteroatoms. The van der Waals surface area contributed by atoms with Gasteiger partial charge in [0.15, 0.2) is 0 Å². The largest absolute Gasteiger partial charge is 0.346 e. The van der Waals surface area contributed by atoms with E-state index in [9.17, 15) is 4.79 Å². The second-order valence-electron chi connectivity index (χ2n) is 4.88. The first-order valence-corrected chi connectivity index (χ1v) is 6.40. The number of hydrogen-bond donors (Lipinski definition) is 0. The predicted molar refractivity (Wildman–Crippen MR) is 70.3 cm³/mol. The number of piperidine rings is 1. The van der Waals surface area contributed by atoms with Gasteiger partial charge in [-0.2, -0.15) is 0 Å². The standard InChI is InChI=1S/C13H20N4O/c1-11(18)16(2)10-12-4-8-17(9-5-12)13-14-6-3-7-15-13/h3,6-7,12H,4-5,8-10H2,1-2H3. The van der Waals surface area contributed by atoms with Crippen LogP contribution in [0.3, 0.4) is 0 Å². The molecule has 0 bridgehead atoms. The summed E-state index contributed by atoms with van der Waals surface area (Å²) in [6, 6.07) is 1.83. The lowest BCUT2D eigenvalue weighted by atomic mass is 9.96. The first kappa shape index (κ1) is 12.8. The Balaban J connectivity index is 1.83. The summed E-state index contributed by atoms with van der Waals surface area (Å²) in [5.74, 6) is 1.55. The van der Waals surface area contributed by atoms with E-state index in [1.54, 1.807) is 24.2 Å². The molecular formula is C13H20N4O. The zero-order valence-electron chi connectivity index (χ0n) is 11.0. The SMILES string of the molecule is CC(=O)N(C)CC1CCN(c2ncccn2)CC1. The summed E-state index contributed by atoms with van der Waals surface area (Å²) in [7, 11) is 1.87. The van der Waals surface area contributed by atoms with E-state index in [0.717, 1.165) is 38.4 Å². The maximum Gasteiger partial charge on any atom is 0.225 e. The lowest BCUT2D eigenvalue weighted by Gasteiger charge is -2.33. The molecule has 0 spiro atoms. The predicted octanol–water partition coefficient (Wildman–Crippen LogP) is 1.17. The third-order valence-corrected chi connectivity index (χ3v) is 3.52. The van der Waals surface area contributed by atoms with Crippen molar-refractivity contribution in [1.29, 1.82) is 0 Å². The minimum Gasteiger partial charge on any atom is -0.346 e. The molecule has 0 aliphatic carbocycles. The van der Waals surface area contributed by atoms with E-state index in [1.165, 1.54) is 0 Å². The molecule has 0 unspecified atom stereocenters. The molecule has 2 heterocycles. The van der Waals surface area contributed by atoms with E-state index in [4.69, 9.17) is 0 Å². The number of nitrogens with zero attached hydrogens (tertiary/aromatic N) is 4. The Bertz CT molecular complexity index is 387. The van der Waals surface area contributed by atoms with Crippen molar-refractivity contribution >= 4 is 11.9 Å². The van der Waals surface area contributed by atoms with E-state index in [1.807, 2.05) is 13.1 Å². The smallest absolute Gasteiger partial charge is 0.225 e. The molecule has 1 aliphatic rings. The van der Waals surface area contributed by atoms with Crippen molar-refractivity contribution in [2.75, 3.05) is 31.6 Å². The highest BCUT2D eigenvalue weighted by Gasteiger charge is 2.22. The summed E-state index contributed by atoms with van der Waals surface area (Å²) in [6.45, 7) is 4.42. The van der Waals surface area contributed by atoms with Crippen molar-refractivity contribution in [1.82, 2.24) is 14.9 Å². The molecule has 0 atom stereocenters. The number of rotatable bonds is 3. The fraction of sp³-hybridized carbons (Fsp3) is 0.615. The minimum absolute atomic E-state index is 0.142. The van der Waals surface area contributed by atoms with Crippen molar-refractivity contribution in [2.24, 2.45) is 5.92 Å². The molecule has 2 rings (SSSR count). The van der Waals surface area contributed by atoms with E-state index in [-0.39, 0.29) is 5.91 Å². The number of carbonyl (C=O) groups is 1. The van der Waals surface area contributed by atoms with E-state index < -0.39 is 0 Å². The van der Waals surface area contributed by atoms with E-state index in [2.05, 4.69) is 14.9 Å². The summed E-state index contributed by atoms with van der Waals surface area (Å²) in [6.07, 6.45) is 5.74. The van der Waals surface area contributed by atoms with Gasteiger partial charge >= 0.3 is 0 Å². The van der Waals surface area contributed by atoms with Gasteiger partial charge in [0.1, 0.15) is 0 Å². The van der Waals surface area contributed by atoms with Crippen LogP contribution in [0, 0.1) is 5.92 Å². The minimum atomic E-state index is 0.142. The van der Waals surface area contributed by atoms with Gasteiger partial charge < -0.3 is 9.80 Å². The van der Waals surface area contributed by atoms with E-state index in [0.29, 0.717) is 5.92 Å². The zero-order chi connectivity index (χ0) is 13.0. The Morgan fingerprint density at radius 2 is 2.00 bits per heavy atom. The van der Waals surface area contributed by atoms with Gasteiger partial charge in [0, 0.05) is 46.0 Å². The van der Waals surface area contributed by atoms with Crippen LogP contribution in [0.15, 0.2) is 18.5 Å². The molecule has 1 aliphatic heterocycles. The Hall–Kier alpha value is -1.65. The highest BCUT2D eigenvalue weighted by atomic mass is 16.2. The molecule has 0 aromatic carbocycles. The van der Waals surface area contributed by atoms with Gasteiger partial charge in [-0.25, -0.2) is 9.97 Å². The highest BCUT2D eigenvalue weighted by molar-refractivity contribution is 5.72. The van der Waals surface area contributed by atoms with Gasteiger partial charge in [-0.15, -0.1) is 0 Å². The molecule has 0 radical (unpaired) electrons. The molecule has 0 saturated carbocycles. The van der Waals surface area contributed by atoms with Crippen LogP contribution in [0.1, 0.15) is 19.8 Å². The molecule has 1 fully saturated rings. The van der Waals surface area contributed by atoms with Crippen LogP contribution >= 0.6 is 0 Å². The van der Waals surface area contributed by atoms with Crippen LogP contribution in [0.4, 0.5) is 5.95 Å². The van der Waals surface area contributed by atoms with Crippen LogP contribution in [0.5, 0.6) is 0 Å². The van der Waals surface area contributed by atoms with Gasteiger partial charge in [0.2, 0.25) is 11.9 Å². The number of aromatic nitrogens is 2. The van der Waals surface area contributed by atoms with Gasteiger partial charge in [0.25, 0.3) is 0 Å². The third kappa shape index (κ3) is 3.18. The molecular weight excluding hydrogens is 228 g/mol. The molecule has 5 nitrogen and oxygen atoms in total. The summed E-state index contributed by atoms with van der Waals surface area (Å²) < 4.78 is 0. The van der Waals surface area contributed by atoms with Crippen LogP contribution in [0.25, 0.3) is 0 Å². The van der Waals surface area contributed by atoms with Gasteiger partial charge in [-0.05, 0) is 24.8 Å². The Morgan fingerprint density at radius 1 is 1.39 bits per heavy atom. The molecule has 18 heavy (non-hydrogen) atoms. The molecule has 1 amide bonds. The zero-order valence-corrected chi connectivity index (χ0v) is 11.0. The highest BCUT2D eigenvalue weighted by Crippen LogP contribution is 2.20. The molecule has 0 N–H and O–H groups in total. The van der Waals surface area contributed by atoms with Gasteiger partial charge in [-0.3, -0.25) is 4.79 Å². The maximum atomic E-state index is 11.2. The lowest BCUT2D eigenvalue weighted by molar-refractivity contribution is -0.128. The fourth-order valence-electron chi connectivity index (χ4n) is 2.29. The van der Waals surface area contributed by atoms with Crippen LogP contribution in [-0.2, 0) is 4.79 Å². The molecule has 1 aromatic heterocycles. The van der Waals surface area contributed by atoms with Crippen LogP contribution < -0.4 is 4.90 Å². The number of hydrogen-bond acceptors (Lipinski definition) is 4. The van der Waals surface area contributed by atoms with Crippen LogP contribution in [-0.4, -0.2) is 47.5 Å². The quantitative estimate of drug-likeness (QED) is 0.805. The van der Waals surface area contributed by atoms with Crippen molar-refractivity contribution in [3.8, 4) is 0 Å². The van der Waals surface area contributed by atoms with Crippen molar-refractivity contribution in [3.63, 3.8) is 0 Å². The molecule has 98 valence electrons.